The second kappa shape index (κ2) is 4.65. The van der Waals surface area contributed by atoms with Gasteiger partial charge in [0, 0.05) is 18.8 Å². The molecule has 70 valence electrons. The SMILES string of the molecule is C=CCCCn1ccc(C)cc1=O. The molecule has 0 N–H and O–H groups in total. The molecule has 0 aliphatic heterocycles. The lowest BCUT2D eigenvalue weighted by Gasteiger charge is -2.03. The molecule has 0 bridgehead atoms. The van der Waals surface area contributed by atoms with E-state index in [0.717, 1.165) is 24.9 Å². The molecule has 0 amide bonds. The van der Waals surface area contributed by atoms with Gasteiger partial charge in [0.25, 0.3) is 5.56 Å². The van der Waals surface area contributed by atoms with Gasteiger partial charge in [-0.15, -0.1) is 6.58 Å². The molecule has 0 unspecified atom stereocenters. The van der Waals surface area contributed by atoms with E-state index in [0.29, 0.717) is 0 Å². The first-order valence-corrected chi connectivity index (χ1v) is 4.52. The molecular formula is C11H15NO. The molecule has 0 saturated carbocycles. The summed E-state index contributed by atoms with van der Waals surface area (Å²) in [5, 5.41) is 0. The molecule has 13 heavy (non-hydrogen) atoms. The van der Waals surface area contributed by atoms with Crippen molar-refractivity contribution >= 4 is 0 Å². The van der Waals surface area contributed by atoms with Gasteiger partial charge >= 0.3 is 0 Å². The zero-order valence-corrected chi connectivity index (χ0v) is 7.99. The highest BCUT2D eigenvalue weighted by Crippen LogP contribution is 1.95. The summed E-state index contributed by atoms with van der Waals surface area (Å²) in [5.41, 5.74) is 1.11. The molecule has 0 aliphatic rings. The summed E-state index contributed by atoms with van der Waals surface area (Å²) in [5.74, 6) is 0. The summed E-state index contributed by atoms with van der Waals surface area (Å²) >= 11 is 0. The molecule has 0 fully saturated rings. The Morgan fingerprint density at radius 3 is 3.00 bits per heavy atom. The minimum atomic E-state index is 0.0871. The minimum absolute atomic E-state index is 0.0871. The number of hydrogen-bond acceptors (Lipinski definition) is 1. The number of unbranched alkanes of at least 4 members (excludes halogenated alkanes) is 1. The van der Waals surface area contributed by atoms with Crippen LogP contribution >= 0.6 is 0 Å². The zero-order valence-electron chi connectivity index (χ0n) is 7.99. The van der Waals surface area contributed by atoms with Crippen LogP contribution in [0.1, 0.15) is 18.4 Å². The summed E-state index contributed by atoms with van der Waals surface area (Å²) in [4.78, 5) is 11.4. The number of hydrogen-bond donors (Lipinski definition) is 0. The summed E-state index contributed by atoms with van der Waals surface area (Å²) in [6.07, 6.45) is 5.66. The van der Waals surface area contributed by atoms with Gasteiger partial charge in [-0.1, -0.05) is 6.08 Å². The second-order valence-electron chi connectivity index (χ2n) is 3.17. The van der Waals surface area contributed by atoms with E-state index in [4.69, 9.17) is 0 Å². The zero-order chi connectivity index (χ0) is 9.68. The Kier molecular flexibility index (Phi) is 3.50. The highest BCUT2D eigenvalue weighted by atomic mass is 16.1. The lowest BCUT2D eigenvalue weighted by molar-refractivity contribution is 0.628. The van der Waals surface area contributed by atoms with Gasteiger partial charge < -0.3 is 4.57 Å². The summed E-state index contributed by atoms with van der Waals surface area (Å²) < 4.78 is 1.73. The maximum Gasteiger partial charge on any atom is 0.250 e. The van der Waals surface area contributed by atoms with Crippen LogP contribution in [0.25, 0.3) is 0 Å². The van der Waals surface area contributed by atoms with Crippen molar-refractivity contribution in [1.29, 1.82) is 0 Å². The fraction of sp³-hybridized carbons (Fsp3) is 0.364. The van der Waals surface area contributed by atoms with E-state index >= 15 is 0 Å². The van der Waals surface area contributed by atoms with Crippen molar-refractivity contribution in [3.8, 4) is 0 Å². The van der Waals surface area contributed by atoms with Crippen LogP contribution in [0.2, 0.25) is 0 Å². The largest absolute Gasteiger partial charge is 0.316 e. The van der Waals surface area contributed by atoms with Crippen molar-refractivity contribution in [2.24, 2.45) is 0 Å². The molecule has 0 radical (unpaired) electrons. The molecule has 1 aromatic heterocycles. The third-order valence-electron chi connectivity index (χ3n) is 1.96. The van der Waals surface area contributed by atoms with Crippen LogP contribution in [-0.4, -0.2) is 4.57 Å². The van der Waals surface area contributed by atoms with Crippen molar-refractivity contribution in [3.63, 3.8) is 0 Å². The average Bonchev–Trinajstić information content (AvgIpc) is 2.09. The normalized spacial score (nSPS) is 9.92. The maximum atomic E-state index is 11.4. The van der Waals surface area contributed by atoms with Crippen molar-refractivity contribution in [2.45, 2.75) is 26.3 Å². The quantitative estimate of drug-likeness (QED) is 0.510. The Morgan fingerprint density at radius 2 is 2.38 bits per heavy atom. The van der Waals surface area contributed by atoms with Crippen LogP contribution in [0.15, 0.2) is 35.8 Å². The van der Waals surface area contributed by atoms with Crippen molar-refractivity contribution in [2.75, 3.05) is 0 Å². The molecule has 2 heteroatoms. The molecule has 0 aromatic carbocycles. The van der Waals surface area contributed by atoms with Gasteiger partial charge in [0.05, 0.1) is 0 Å². The van der Waals surface area contributed by atoms with Crippen LogP contribution in [0.4, 0.5) is 0 Å². The second-order valence-corrected chi connectivity index (χ2v) is 3.17. The van der Waals surface area contributed by atoms with Crippen LogP contribution < -0.4 is 5.56 Å². The monoisotopic (exact) mass is 177 g/mol. The van der Waals surface area contributed by atoms with E-state index in [2.05, 4.69) is 6.58 Å². The maximum absolute atomic E-state index is 11.4. The smallest absolute Gasteiger partial charge is 0.250 e. The Bertz CT molecular complexity index is 338. The fourth-order valence-corrected chi connectivity index (χ4v) is 1.20. The Labute approximate surface area is 78.5 Å². The van der Waals surface area contributed by atoms with E-state index in [1.165, 1.54) is 0 Å². The van der Waals surface area contributed by atoms with Crippen LogP contribution in [0.3, 0.4) is 0 Å². The van der Waals surface area contributed by atoms with Crippen LogP contribution in [0, 0.1) is 6.92 Å². The molecule has 0 spiro atoms. The first kappa shape index (κ1) is 9.78. The van der Waals surface area contributed by atoms with Gasteiger partial charge in [-0.3, -0.25) is 4.79 Å². The summed E-state index contributed by atoms with van der Waals surface area (Å²) in [6, 6.07) is 3.61. The molecule has 0 aliphatic carbocycles. The average molecular weight is 177 g/mol. The number of aryl methyl sites for hydroxylation is 2. The van der Waals surface area contributed by atoms with Crippen LogP contribution in [0.5, 0.6) is 0 Å². The topological polar surface area (TPSA) is 22.0 Å². The van der Waals surface area contributed by atoms with Crippen molar-refractivity contribution < 1.29 is 0 Å². The Hall–Kier alpha value is -1.31. The van der Waals surface area contributed by atoms with Gasteiger partial charge in [0.1, 0.15) is 0 Å². The molecule has 2 nitrogen and oxygen atoms in total. The predicted octanol–water partition coefficient (Wildman–Crippen LogP) is 2.12. The molecular weight excluding hydrogens is 162 g/mol. The highest BCUT2D eigenvalue weighted by Gasteiger charge is 1.94. The number of nitrogens with zero attached hydrogens (tertiary/aromatic N) is 1. The van der Waals surface area contributed by atoms with Gasteiger partial charge in [-0.2, -0.15) is 0 Å². The fourth-order valence-electron chi connectivity index (χ4n) is 1.20. The van der Waals surface area contributed by atoms with E-state index in [9.17, 15) is 4.79 Å². The highest BCUT2D eigenvalue weighted by molar-refractivity contribution is 5.07. The molecule has 1 aromatic rings. The summed E-state index contributed by atoms with van der Waals surface area (Å²) in [6.45, 7) is 6.35. The molecule has 0 saturated heterocycles. The first-order chi connectivity index (χ1) is 6.24. The number of allylic oxidation sites excluding steroid dienone is 1. The standard InChI is InChI=1S/C11H15NO/c1-3-4-5-7-12-8-6-10(2)9-11(12)13/h3,6,8-9H,1,4-5,7H2,2H3. The predicted molar refractivity (Wildman–Crippen MR) is 54.9 cm³/mol. The minimum Gasteiger partial charge on any atom is -0.316 e. The molecule has 0 atom stereocenters. The lowest BCUT2D eigenvalue weighted by Crippen LogP contribution is -2.18. The van der Waals surface area contributed by atoms with E-state index < -0.39 is 0 Å². The van der Waals surface area contributed by atoms with Crippen LogP contribution in [-0.2, 0) is 6.54 Å². The van der Waals surface area contributed by atoms with E-state index in [-0.39, 0.29) is 5.56 Å². The lowest BCUT2D eigenvalue weighted by atomic mass is 10.3. The third kappa shape index (κ3) is 2.90. The first-order valence-electron chi connectivity index (χ1n) is 4.52. The molecule has 1 rings (SSSR count). The van der Waals surface area contributed by atoms with Gasteiger partial charge in [-0.25, -0.2) is 0 Å². The summed E-state index contributed by atoms with van der Waals surface area (Å²) in [7, 11) is 0. The third-order valence-corrected chi connectivity index (χ3v) is 1.96. The van der Waals surface area contributed by atoms with E-state index in [1.807, 2.05) is 25.3 Å². The number of aromatic nitrogens is 1. The van der Waals surface area contributed by atoms with Crippen molar-refractivity contribution in [3.05, 3.63) is 46.9 Å². The van der Waals surface area contributed by atoms with Gasteiger partial charge in [0.15, 0.2) is 0 Å². The Morgan fingerprint density at radius 1 is 1.62 bits per heavy atom. The number of pyridine rings is 1. The van der Waals surface area contributed by atoms with E-state index in [1.54, 1.807) is 10.6 Å². The van der Waals surface area contributed by atoms with Crippen molar-refractivity contribution in [1.82, 2.24) is 4.57 Å². The number of rotatable bonds is 4. The Balaban J connectivity index is 2.67. The molecule has 1 heterocycles. The van der Waals surface area contributed by atoms with Gasteiger partial charge in [0.2, 0.25) is 0 Å². The van der Waals surface area contributed by atoms with Gasteiger partial charge in [-0.05, 0) is 31.4 Å².